The number of hydrogen-bond acceptors (Lipinski definition) is 2. The van der Waals surface area contributed by atoms with Gasteiger partial charge in [0.05, 0.1) is 33.1 Å². The summed E-state index contributed by atoms with van der Waals surface area (Å²) >= 11 is 1.85. The molecule has 0 radical (unpaired) electrons. The number of nitrogens with zero attached hydrogens (tertiary/aromatic N) is 3. The number of aromatic nitrogens is 3. The Morgan fingerprint density at radius 3 is 1.59 bits per heavy atom. The van der Waals surface area contributed by atoms with Crippen molar-refractivity contribution in [3.05, 3.63) is 223 Å². The van der Waals surface area contributed by atoms with Crippen LogP contribution in [0.1, 0.15) is 0 Å². The van der Waals surface area contributed by atoms with Gasteiger partial charge in [0.2, 0.25) is 0 Å². The number of fused-ring (bicyclic) bond motifs is 15. The molecule has 5 heterocycles. The van der Waals surface area contributed by atoms with Gasteiger partial charge in [-0.05, 0) is 94.9 Å². The maximum Gasteiger partial charge on any atom is 0.263 e. The average Bonchev–Trinajstić information content (AvgIpc) is 4.12. The van der Waals surface area contributed by atoms with Gasteiger partial charge < -0.3 is 9.13 Å². The van der Waals surface area contributed by atoms with Crippen molar-refractivity contribution in [1.82, 2.24) is 13.5 Å². The molecule has 0 aliphatic carbocycles. The van der Waals surface area contributed by atoms with E-state index in [2.05, 4.69) is 203 Å². The number of thiophene rings is 1. The second kappa shape index (κ2) is 13.3. The third-order valence-electron chi connectivity index (χ3n) is 14.1. The van der Waals surface area contributed by atoms with E-state index in [9.17, 15) is 4.79 Å². The van der Waals surface area contributed by atoms with Crippen LogP contribution in [0.4, 0.5) is 0 Å². The summed E-state index contributed by atoms with van der Waals surface area (Å²) in [6.07, 6.45) is 0. The standard InChI is InChI=1S/C61H35N3OS/c65-61-47-23-8-7-19-41(47)50-32-38(36-15-3-1-4-16-36)33-51-49-31-37(27-30-55(49)64(61)57(50)51)48-34-40(35-52-44-22-11-14-26-56(44)66-60(48)52)63-54-25-13-10-21-43(54)46-29-28-45-42-20-9-12-24-53(42)62(58(45)59(46)63)39-17-5-2-6-18-39/h1-35H. The van der Waals surface area contributed by atoms with Crippen LogP contribution in [0.2, 0.25) is 0 Å². The van der Waals surface area contributed by atoms with Crippen LogP contribution in [0.5, 0.6) is 0 Å². The summed E-state index contributed by atoms with van der Waals surface area (Å²) in [6.45, 7) is 0. The predicted molar refractivity (Wildman–Crippen MR) is 280 cm³/mol. The lowest BCUT2D eigenvalue weighted by Crippen LogP contribution is -2.12. The van der Waals surface area contributed by atoms with Gasteiger partial charge in [-0.25, -0.2) is 0 Å². The molecule has 5 aromatic heterocycles. The molecule has 0 unspecified atom stereocenters. The Bertz CT molecular complexity index is 4590. The summed E-state index contributed by atoms with van der Waals surface area (Å²) < 4.78 is 9.42. The van der Waals surface area contributed by atoms with Crippen molar-refractivity contribution in [2.75, 3.05) is 0 Å². The third kappa shape index (κ3) is 4.79. The molecule has 5 heteroatoms. The summed E-state index contributed by atoms with van der Waals surface area (Å²) in [7, 11) is 0. The first kappa shape index (κ1) is 35.9. The van der Waals surface area contributed by atoms with Gasteiger partial charge in [0.1, 0.15) is 0 Å². The van der Waals surface area contributed by atoms with Gasteiger partial charge in [-0.15, -0.1) is 11.3 Å². The van der Waals surface area contributed by atoms with Crippen LogP contribution in [0.3, 0.4) is 0 Å². The van der Waals surface area contributed by atoms with Gasteiger partial charge in [-0.2, -0.15) is 0 Å². The highest BCUT2D eigenvalue weighted by Gasteiger charge is 2.24. The highest BCUT2D eigenvalue weighted by molar-refractivity contribution is 7.26. The molecule has 0 N–H and O–H groups in total. The van der Waals surface area contributed by atoms with E-state index in [0.717, 1.165) is 77.1 Å². The molecule has 0 fully saturated rings. The zero-order valence-electron chi connectivity index (χ0n) is 35.4. The number of rotatable bonds is 4. The van der Waals surface area contributed by atoms with Crippen LogP contribution in [-0.2, 0) is 0 Å². The maximum atomic E-state index is 14.6. The molecule has 15 rings (SSSR count). The van der Waals surface area contributed by atoms with E-state index in [4.69, 9.17) is 0 Å². The van der Waals surface area contributed by atoms with E-state index >= 15 is 0 Å². The van der Waals surface area contributed by atoms with Crippen molar-refractivity contribution in [1.29, 1.82) is 0 Å². The first-order valence-electron chi connectivity index (χ1n) is 22.5. The lowest BCUT2D eigenvalue weighted by atomic mass is 9.96. The van der Waals surface area contributed by atoms with Crippen LogP contribution >= 0.6 is 11.3 Å². The third-order valence-corrected chi connectivity index (χ3v) is 15.4. The van der Waals surface area contributed by atoms with Crippen LogP contribution in [0.15, 0.2) is 217 Å². The zero-order chi connectivity index (χ0) is 43.2. The monoisotopic (exact) mass is 857 g/mol. The summed E-state index contributed by atoms with van der Waals surface area (Å²) in [5.41, 5.74) is 13.4. The molecule has 4 nitrogen and oxygen atoms in total. The molecule has 66 heavy (non-hydrogen) atoms. The van der Waals surface area contributed by atoms with Gasteiger partial charge in [-0.3, -0.25) is 9.20 Å². The number of benzene rings is 10. The fourth-order valence-corrected chi connectivity index (χ4v) is 12.5. The molecular formula is C61H35N3OS. The maximum absolute atomic E-state index is 14.6. The van der Waals surface area contributed by atoms with Gasteiger partial charge in [0.25, 0.3) is 5.56 Å². The quantitative estimate of drug-likeness (QED) is 0.162. The van der Waals surface area contributed by atoms with E-state index in [-0.39, 0.29) is 5.56 Å². The van der Waals surface area contributed by atoms with Crippen LogP contribution in [0.25, 0.3) is 135 Å². The van der Waals surface area contributed by atoms with Crippen molar-refractivity contribution in [2.45, 2.75) is 0 Å². The zero-order valence-corrected chi connectivity index (χ0v) is 36.2. The van der Waals surface area contributed by atoms with Crippen LogP contribution in [-0.4, -0.2) is 13.5 Å². The second-order valence-corrected chi connectivity index (χ2v) is 18.6. The minimum Gasteiger partial charge on any atom is -0.307 e. The highest BCUT2D eigenvalue weighted by atomic mass is 32.1. The molecule has 10 aromatic carbocycles. The highest BCUT2D eigenvalue weighted by Crippen LogP contribution is 2.47. The first-order chi connectivity index (χ1) is 32.7. The van der Waals surface area contributed by atoms with E-state index < -0.39 is 0 Å². The number of pyridine rings is 1. The Kier molecular flexibility index (Phi) is 7.22. The molecule has 0 atom stereocenters. The molecule has 0 spiro atoms. The molecular weight excluding hydrogens is 823 g/mol. The van der Waals surface area contributed by atoms with Crippen molar-refractivity contribution < 1.29 is 0 Å². The molecule has 0 amide bonds. The summed E-state index contributed by atoms with van der Waals surface area (Å²) in [6, 6.07) is 76.7. The Morgan fingerprint density at radius 1 is 0.318 bits per heavy atom. The predicted octanol–water partition coefficient (Wildman–Crippen LogP) is 16.1. The largest absolute Gasteiger partial charge is 0.307 e. The molecule has 306 valence electrons. The van der Waals surface area contributed by atoms with Gasteiger partial charge in [0.15, 0.2) is 0 Å². The smallest absolute Gasteiger partial charge is 0.263 e. The van der Waals surface area contributed by atoms with Gasteiger partial charge in [-0.1, -0.05) is 140 Å². The van der Waals surface area contributed by atoms with Crippen molar-refractivity contribution in [3.8, 4) is 33.6 Å². The Morgan fingerprint density at radius 2 is 0.879 bits per heavy atom. The van der Waals surface area contributed by atoms with E-state index in [1.807, 2.05) is 33.9 Å². The average molecular weight is 858 g/mol. The molecule has 0 aliphatic rings. The van der Waals surface area contributed by atoms with Crippen molar-refractivity contribution in [3.63, 3.8) is 0 Å². The van der Waals surface area contributed by atoms with E-state index in [0.29, 0.717) is 0 Å². The Balaban J connectivity index is 1.08. The second-order valence-electron chi connectivity index (χ2n) is 17.6. The number of hydrogen-bond donors (Lipinski definition) is 0. The minimum absolute atomic E-state index is 0.0119. The van der Waals surface area contributed by atoms with Crippen LogP contribution in [0, 0.1) is 0 Å². The molecule has 0 saturated carbocycles. The van der Waals surface area contributed by atoms with Gasteiger partial charge >= 0.3 is 0 Å². The molecule has 0 bridgehead atoms. The minimum atomic E-state index is 0.0119. The molecule has 15 aromatic rings. The topological polar surface area (TPSA) is 31.3 Å². The SMILES string of the molecule is O=c1c2ccccc2c2cc(-c3ccccc3)cc3c4cc(-c5cc(-n6c7ccccc7c7ccc8c9ccccc9n(-c9ccccc9)c8c76)cc6c5sc5ccccc56)ccc4n1c23. The van der Waals surface area contributed by atoms with Crippen molar-refractivity contribution >= 4 is 113 Å². The summed E-state index contributed by atoms with van der Waals surface area (Å²) in [4.78, 5) is 14.6. The van der Waals surface area contributed by atoms with Gasteiger partial charge in [0, 0.05) is 80.2 Å². The number of para-hydroxylation sites is 3. The van der Waals surface area contributed by atoms with Crippen molar-refractivity contribution in [2.24, 2.45) is 0 Å². The lowest BCUT2D eigenvalue weighted by Gasteiger charge is -2.15. The fourth-order valence-electron chi connectivity index (χ4n) is 11.3. The molecule has 0 saturated heterocycles. The summed E-state index contributed by atoms with van der Waals surface area (Å²) in [5, 5.41) is 12.3. The summed E-state index contributed by atoms with van der Waals surface area (Å²) in [5.74, 6) is 0. The Hall–Kier alpha value is -8.51. The fraction of sp³-hybridized carbons (Fsp3) is 0. The lowest BCUT2D eigenvalue weighted by molar-refractivity contribution is 1.15. The normalized spacial score (nSPS) is 12.3. The Labute approximate surface area is 381 Å². The van der Waals surface area contributed by atoms with E-state index in [1.54, 1.807) is 0 Å². The van der Waals surface area contributed by atoms with E-state index in [1.165, 1.54) is 58.3 Å². The molecule has 0 aliphatic heterocycles. The van der Waals surface area contributed by atoms with Crippen LogP contribution < -0.4 is 5.56 Å². The first-order valence-corrected chi connectivity index (χ1v) is 23.3.